The fourth-order valence-corrected chi connectivity index (χ4v) is 1.86. The number of alkyl halides is 3. The summed E-state index contributed by atoms with van der Waals surface area (Å²) in [5.41, 5.74) is 5.42. The summed E-state index contributed by atoms with van der Waals surface area (Å²) in [6.07, 6.45) is -2.20. The summed E-state index contributed by atoms with van der Waals surface area (Å²) >= 11 is 1.07. The van der Waals surface area contributed by atoms with E-state index < -0.39 is 12.7 Å². The minimum atomic E-state index is -4.21. The van der Waals surface area contributed by atoms with Gasteiger partial charge in [-0.25, -0.2) is 4.98 Å². The molecule has 0 radical (unpaired) electrons. The minimum absolute atomic E-state index is 0.326. The molecular weight excluding hydrogens is 227 g/mol. The number of rotatable bonds is 4. The Kier molecular flexibility index (Phi) is 3.78. The molecule has 1 aromatic rings. The Balaban J connectivity index is 2.74. The molecule has 3 nitrogen and oxygen atoms in total. The topological polar surface area (TPSA) is 42.2 Å². The zero-order valence-corrected chi connectivity index (χ0v) is 9.03. The van der Waals surface area contributed by atoms with Crippen LogP contribution in [0.25, 0.3) is 0 Å². The van der Waals surface area contributed by atoms with Crippen molar-refractivity contribution in [2.75, 3.05) is 23.7 Å². The van der Waals surface area contributed by atoms with Crippen LogP contribution in [0.4, 0.5) is 23.3 Å². The molecule has 0 fully saturated rings. The van der Waals surface area contributed by atoms with Crippen LogP contribution in [0.5, 0.6) is 0 Å². The first-order valence-corrected chi connectivity index (χ1v) is 5.27. The van der Waals surface area contributed by atoms with Crippen molar-refractivity contribution in [3.63, 3.8) is 0 Å². The summed E-state index contributed by atoms with van der Waals surface area (Å²) in [6.45, 7) is 1.17. The van der Waals surface area contributed by atoms with Gasteiger partial charge in [0.15, 0.2) is 5.13 Å². The van der Waals surface area contributed by atoms with Crippen molar-refractivity contribution in [3.8, 4) is 0 Å². The van der Waals surface area contributed by atoms with Gasteiger partial charge in [-0.3, -0.25) is 0 Å². The molecule has 0 aromatic carbocycles. The maximum atomic E-state index is 12.2. The number of aromatic nitrogens is 1. The molecule has 0 unspecified atom stereocenters. The van der Waals surface area contributed by atoms with Gasteiger partial charge in [-0.05, 0) is 6.42 Å². The summed E-state index contributed by atoms with van der Waals surface area (Å²) in [4.78, 5) is 5.03. The van der Waals surface area contributed by atoms with Crippen LogP contribution in [0.1, 0.15) is 13.3 Å². The van der Waals surface area contributed by atoms with E-state index in [0.717, 1.165) is 11.3 Å². The normalized spacial score (nSPS) is 11.7. The lowest BCUT2D eigenvalue weighted by molar-refractivity contribution is -0.119. The third-order valence-corrected chi connectivity index (χ3v) is 2.53. The first kappa shape index (κ1) is 12.1. The number of nitrogens with two attached hydrogens (primary N) is 1. The van der Waals surface area contributed by atoms with Crippen molar-refractivity contribution in [2.45, 2.75) is 19.5 Å². The van der Waals surface area contributed by atoms with Gasteiger partial charge >= 0.3 is 6.18 Å². The predicted octanol–water partition coefficient (Wildman–Crippen LogP) is 2.50. The second-order valence-electron chi connectivity index (χ2n) is 3.08. The predicted molar refractivity (Wildman–Crippen MR) is 55.1 cm³/mol. The van der Waals surface area contributed by atoms with Crippen molar-refractivity contribution in [1.29, 1.82) is 0 Å². The molecule has 1 heterocycles. The lowest BCUT2D eigenvalue weighted by atomic mass is 10.4. The molecule has 1 rings (SSSR count). The Bertz CT molecular complexity index is 310. The lowest BCUT2D eigenvalue weighted by Gasteiger charge is -2.22. The molecule has 0 bridgehead atoms. The molecule has 0 atom stereocenters. The van der Waals surface area contributed by atoms with Gasteiger partial charge in [0.2, 0.25) is 0 Å². The molecule has 7 heteroatoms. The van der Waals surface area contributed by atoms with E-state index in [1.54, 1.807) is 0 Å². The Morgan fingerprint density at radius 1 is 1.53 bits per heavy atom. The quantitative estimate of drug-likeness (QED) is 0.877. The van der Waals surface area contributed by atoms with Gasteiger partial charge in [-0.2, -0.15) is 13.2 Å². The van der Waals surface area contributed by atoms with Crippen LogP contribution in [0.2, 0.25) is 0 Å². The van der Waals surface area contributed by atoms with Gasteiger partial charge in [0.05, 0.1) is 6.20 Å². The molecule has 2 N–H and O–H groups in total. The third-order valence-electron chi connectivity index (χ3n) is 1.65. The van der Waals surface area contributed by atoms with Gasteiger partial charge < -0.3 is 10.6 Å². The monoisotopic (exact) mass is 239 g/mol. The van der Waals surface area contributed by atoms with Crippen LogP contribution in [-0.4, -0.2) is 24.2 Å². The van der Waals surface area contributed by atoms with Crippen LogP contribution in [-0.2, 0) is 0 Å². The first-order valence-electron chi connectivity index (χ1n) is 4.45. The fraction of sp³-hybridized carbons (Fsp3) is 0.625. The van der Waals surface area contributed by atoms with Crippen LogP contribution in [0.15, 0.2) is 6.20 Å². The van der Waals surface area contributed by atoms with E-state index in [1.807, 2.05) is 6.92 Å². The van der Waals surface area contributed by atoms with Crippen molar-refractivity contribution in [1.82, 2.24) is 4.98 Å². The first-order chi connectivity index (χ1) is 6.92. The zero-order valence-electron chi connectivity index (χ0n) is 8.21. The zero-order chi connectivity index (χ0) is 11.5. The smallest absolute Gasteiger partial charge is 0.389 e. The van der Waals surface area contributed by atoms with Crippen molar-refractivity contribution in [2.24, 2.45) is 0 Å². The Hall–Kier alpha value is -0.980. The van der Waals surface area contributed by atoms with Gasteiger partial charge in [0.1, 0.15) is 11.5 Å². The molecular formula is C8H12F3N3S. The molecule has 15 heavy (non-hydrogen) atoms. The van der Waals surface area contributed by atoms with E-state index in [1.165, 1.54) is 11.1 Å². The summed E-state index contributed by atoms with van der Waals surface area (Å²) in [5, 5.41) is 0.750. The highest BCUT2D eigenvalue weighted by Gasteiger charge is 2.31. The van der Waals surface area contributed by atoms with Crippen LogP contribution >= 0.6 is 11.3 Å². The summed E-state index contributed by atoms with van der Waals surface area (Å²) in [7, 11) is 0. The maximum absolute atomic E-state index is 12.2. The molecule has 0 aliphatic heterocycles. The van der Waals surface area contributed by atoms with Crippen molar-refractivity contribution >= 4 is 21.5 Å². The fourth-order valence-electron chi connectivity index (χ4n) is 1.15. The standard InChI is InChI=1S/C8H12F3N3S/c1-2-3-14(5-8(9,10)11)7-13-4-6(12)15-7/h4H,2-3,5,12H2,1H3. The van der Waals surface area contributed by atoms with Crippen LogP contribution in [0, 0.1) is 0 Å². The summed E-state index contributed by atoms with van der Waals surface area (Å²) in [5.74, 6) is 0. The molecule has 0 aliphatic carbocycles. The molecule has 1 aromatic heterocycles. The number of nitrogen functional groups attached to an aromatic ring is 1. The maximum Gasteiger partial charge on any atom is 0.406 e. The average molecular weight is 239 g/mol. The second-order valence-corrected chi connectivity index (χ2v) is 4.12. The Morgan fingerprint density at radius 3 is 2.60 bits per heavy atom. The number of thiazole rings is 1. The van der Waals surface area contributed by atoms with E-state index in [0.29, 0.717) is 23.1 Å². The highest BCUT2D eigenvalue weighted by Crippen LogP contribution is 2.27. The average Bonchev–Trinajstić information content (AvgIpc) is 2.48. The van der Waals surface area contributed by atoms with E-state index >= 15 is 0 Å². The van der Waals surface area contributed by atoms with E-state index in [4.69, 9.17) is 5.73 Å². The molecule has 86 valence electrons. The highest BCUT2D eigenvalue weighted by molar-refractivity contribution is 7.19. The number of hydrogen-bond donors (Lipinski definition) is 1. The van der Waals surface area contributed by atoms with E-state index in [2.05, 4.69) is 4.98 Å². The van der Waals surface area contributed by atoms with Gasteiger partial charge in [0.25, 0.3) is 0 Å². The number of hydrogen-bond acceptors (Lipinski definition) is 4. The van der Waals surface area contributed by atoms with Crippen molar-refractivity contribution in [3.05, 3.63) is 6.20 Å². The number of halogens is 3. The molecule has 0 spiro atoms. The van der Waals surface area contributed by atoms with Gasteiger partial charge in [-0.15, -0.1) is 0 Å². The van der Waals surface area contributed by atoms with Gasteiger partial charge in [-0.1, -0.05) is 18.3 Å². The Morgan fingerprint density at radius 2 is 2.20 bits per heavy atom. The molecule has 0 amide bonds. The van der Waals surface area contributed by atoms with Gasteiger partial charge in [0, 0.05) is 6.54 Å². The minimum Gasteiger partial charge on any atom is -0.389 e. The number of anilines is 2. The summed E-state index contributed by atoms with van der Waals surface area (Å²) in [6, 6.07) is 0. The van der Waals surface area contributed by atoms with Crippen molar-refractivity contribution < 1.29 is 13.2 Å². The molecule has 0 saturated carbocycles. The van der Waals surface area contributed by atoms with Crippen LogP contribution in [0.3, 0.4) is 0 Å². The second kappa shape index (κ2) is 4.69. The summed E-state index contributed by atoms with van der Waals surface area (Å²) < 4.78 is 36.7. The highest BCUT2D eigenvalue weighted by atomic mass is 32.1. The van der Waals surface area contributed by atoms with E-state index in [-0.39, 0.29) is 0 Å². The largest absolute Gasteiger partial charge is 0.406 e. The third kappa shape index (κ3) is 3.94. The SMILES string of the molecule is CCCN(CC(F)(F)F)c1ncc(N)s1. The lowest BCUT2D eigenvalue weighted by Crippen LogP contribution is -2.34. The Labute approximate surface area is 89.7 Å². The molecule has 0 aliphatic rings. The van der Waals surface area contributed by atoms with Crippen LogP contribution < -0.4 is 10.6 Å². The van der Waals surface area contributed by atoms with E-state index in [9.17, 15) is 13.2 Å². The molecule has 0 saturated heterocycles. The number of nitrogens with zero attached hydrogens (tertiary/aromatic N) is 2.